The van der Waals surface area contributed by atoms with Crippen LogP contribution in [0.25, 0.3) is 0 Å². The zero-order chi connectivity index (χ0) is 27.2. The van der Waals surface area contributed by atoms with Gasteiger partial charge >= 0.3 is 0 Å². The molecule has 0 saturated heterocycles. The summed E-state index contributed by atoms with van der Waals surface area (Å²) in [6.45, 7) is 0. The van der Waals surface area contributed by atoms with E-state index >= 15 is 0 Å². The van der Waals surface area contributed by atoms with Crippen molar-refractivity contribution in [2.75, 3.05) is 0 Å². The molecule has 1 aromatic rings. The van der Waals surface area contributed by atoms with E-state index in [1.54, 1.807) is 0 Å². The van der Waals surface area contributed by atoms with Gasteiger partial charge in [0.15, 0.2) is 5.17 Å². The van der Waals surface area contributed by atoms with Gasteiger partial charge in [-0.05, 0) is 62.0 Å². The molecule has 4 aliphatic rings. The summed E-state index contributed by atoms with van der Waals surface area (Å²) in [4.78, 5) is 10.7. The Morgan fingerprint density at radius 2 is 1.10 bits per heavy atom. The molecule has 0 heterocycles. The number of hydrogen-bond acceptors (Lipinski definition) is 4. The van der Waals surface area contributed by atoms with Crippen molar-refractivity contribution in [3.05, 3.63) is 35.4 Å². The molecule has 0 radical (unpaired) electrons. The standard InChI is InChI=1S/C35H55N3S2/c1-5-15-28(16-6-1)25-34(36-31-19-7-2-8-20-31)39-26-29-17-13-14-18-30(29)27-40-35(37-32-21-9-3-10-22-32)38-33-23-11-4-12-24-33/h13-14,17-18,28,31-33H,1-12,15-16,19-27H2,(H,37,38). The summed E-state index contributed by atoms with van der Waals surface area (Å²) in [5.74, 6) is 2.93. The van der Waals surface area contributed by atoms with Crippen molar-refractivity contribution < 1.29 is 0 Å². The molecule has 40 heavy (non-hydrogen) atoms. The maximum absolute atomic E-state index is 5.42. The molecule has 0 aliphatic heterocycles. The van der Waals surface area contributed by atoms with Crippen molar-refractivity contribution in [3.8, 4) is 0 Å². The summed E-state index contributed by atoms with van der Waals surface area (Å²) in [5.41, 5.74) is 2.98. The molecule has 4 fully saturated rings. The minimum absolute atomic E-state index is 0.525. The van der Waals surface area contributed by atoms with E-state index in [0.717, 1.165) is 17.4 Å². The first-order valence-electron chi connectivity index (χ1n) is 17.1. The average Bonchev–Trinajstić information content (AvgIpc) is 3.01. The molecule has 3 nitrogen and oxygen atoms in total. The van der Waals surface area contributed by atoms with Crippen LogP contribution in [0.5, 0.6) is 0 Å². The number of amidine groups is 1. The summed E-state index contributed by atoms with van der Waals surface area (Å²) in [5, 5.41) is 6.60. The first-order valence-corrected chi connectivity index (χ1v) is 19.0. The third-order valence-electron chi connectivity index (χ3n) is 9.77. The summed E-state index contributed by atoms with van der Waals surface area (Å²) in [7, 11) is 0. The van der Waals surface area contributed by atoms with E-state index < -0.39 is 0 Å². The molecule has 0 spiro atoms. The van der Waals surface area contributed by atoms with Crippen LogP contribution < -0.4 is 5.32 Å². The summed E-state index contributed by atoms with van der Waals surface area (Å²) in [6.07, 6.45) is 28.5. The number of benzene rings is 1. The lowest BCUT2D eigenvalue weighted by Crippen LogP contribution is -2.35. The molecular formula is C35H55N3S2. The Hall–Kier alpha value is -0.940. The average molecular weight is 582 g/mol. The fraction of sp³-hybridized carbons (Fsp3) is 0.771. The highest BCUT2D eigenvalue weighted by Crippen LogP contribution is 2.32. The van der Waals surface area contributed by atoms with Crippen LogP contribution in [0.15, 0.2) is 34.3 Å². The Balaban J connectivity index is 1.23. The Bertz CT molecular complexity index is 845. The van der Waals surface area contributed by atoms with E-state index in [1.165, 1.54) is 156 Å². The van der Waals surface area contributed by atoms with Gasteiger partial charge in [-0.1, -0.05) is 126 Å². The predicted molar refractivity (Wildman–Crippen MR) is 179 cm³/mol. The van der Waals surface area contributed by atoms with Crippen LogP contribution in [0.4, 0.5) is 0 Å². The van der Waals surface area contributed by atoms with Crippen LogP contribution in [0.3, 0.4) is 0 Å². The molecule has 222 valence electrons. The minimum atomic E-state index is 0.525. The molecule has 0 amide bonds. The van der Waals surface area contributed by atoms with Crippen LogP contribution in [-0.2, 0) is 11.5 Å². The topological polar surface area (TPSA) is 36.8 Å². The number of rotatable bonds is 9. The second-order valence-electron chi connectivity index (χ2n) is 13.1. The first-order chi connectivity index (χ1) is 19.8. The van der Waals surface area contributed by atoms with E-state index in [4.69, 9.17) is 9.98 Å². The minimum Gasteiger partial charge on any atom is -0.362 e. The lowest BCUT2D eigenvalue weighted by atomic mass is 9.87. The van der Waals surface area contributed by atoms with Crippen LogP contribution in [0, 0.1) is 5.92 Å². The molecule has 0 bridgehead atoms. The fourth-order valence-electron chi connectivity index (χ4n) is 7.26. The van der Waals surface area contributed by atoms with Gasteiger partial charge in [-0.15, -0.1) is 11.8 Å². The van der Waals surface area contributed by atoms with Crippen molar-refractivity contribution in [2.24, 2.45) is 15.9 Å². The van der Waals surface area contributed by atoms with Crippen LogP contribution in [-0.4, -0.2) is 28.3 Å². The van der Waals surface area contributed by atoms with E-state index in [2.05, 4.69) is 41.3 Å². The maximum atomic E-state index is 5.42. The second-order valence-corrected chi connectivity index (χ2v) is 15.1. The number of nitrogens with one attached hydrogen (secondary N) is 1. The van der Waals surface area contributed by atoms with Crippen molar-refractivity contribution in [1.29, 1.82) is 0 Å². The summed E-state index contributed by atoms with van der Waals surface area (Å²) >= 11 is 4.03. The van der Waals surface area contributed by atoms with Gasteiger partial charge in [0.2, 0.25) is 0 Å². The van der Waals surface area contributed by atoms with Crippen molar-refractivity contribution in [3.63, 3.8) is 0 Å². The van der Waals surface area contributed by atoms with Gasteiger partial charge in [0.05, 0.1) is 17.1 Å². The molecule has 1 aromatic carbocycles. The Labute approximate surface area is 254 Å². The molecule has 0 unspecified atom stereocenters. The molecular weight excluding hydrogens is 527 g/mol. The first kappa shape index (κ1) is 30.5. The predicted octanol–water partition coefficient (Wildman–Crippen LogP) is 10.5. The molecule has 5 rings (SSSR count). The lowest BCUT2D eigenvalue weighted by Gasteiger charge is -2.26. The summed E-state index contributed by atoms with van der Waals surface area (Å²) in [6, 6.07) is 10.9. The quantitative estimate of drug-likeness (QED) is 0.233. The fourth-order valence-corrected chi connectivity index (χ4v) is 9.49. The number of hydrogen-bond donors (Lipinski definition) is 1. The van der Waals surface area contributed by atoms with E-state index in [1.807, 2.05) is 11.8 Å². The third-order valence-corrected chi connectivity index (χ3v) is 11.8. The maximum Gasteiger partial charge on any atom is 0.157 e. The Morgan fingerprint density at radius 1 is 0.600 bits per heavy atom. The molecule has 4 aliphatic carbocycles. The number of aliphatic imine (C=N–C) groups is 2. The Kier molecular flexibility index (Phi) is 13.2. The molecule has 0 aromatic heterocycles. The molecule has 0 atom stereocenters. The van der Waals surface area contributed by atoms with Crippen molar-refractivity contribution in [1.82, 2.24) is 5.32 Å². The smallest absolute Gasteiger partial charge is 0.157 e. The van der Waals surface area contributed by atoms with Gasteiger partial charge in [-0.2, -0.15) is 0 Å². The molecule has 5 heteroatoms. The van der Waals surface area contributed by atoms with Crippen molar-refractivity contribution in [2.45, 2.75) is 164 Å². The van der Waals surface area contributed by atoms with Gasteiger partial charge in [0.1, 0.15) is 0 Å². The third kappa shape index (κ3) is 10.4. The largest absolute Gasteiger partial charge is 0.362 e. The SMILES string of the molecule is c1ccc(CSC(=NC2CCCCC2)NC2CCCCC2)c(CSC(CC2CCCCC2)=NC2CCCCC2)c1. The molecule has 4 saturated carbocycles. The zero-order valence-electron chi connectivity index (χ0n) is 25.1. The lowest BCUT2D eigenvalue weighted by molar-refractivity contribution is 0.368. The van der Waals surface area contributed by atoms with Gasteiger partial charge in [0.25, 0.3) is 0 Å². The Morgan fingerprint density at radius 3 is 1.70 bits per heavy atom. The highest BCUT2D eigenvalue weighted by atomic mass is 32.2. The zero-order valence-corrected chi connectivity index (χ0v) is 26.7. The van der Waals surface area contributed by atoms with Crippen molar-refractivity contribution >= 4 is 33.7 Å². The van der Waals surface area contributed by atoms with Gasteiger partial charge in [-0.3, -0.25) is 9.98 Å². The van der Waals surface area contributed by atoms with Gasteiger partial charge < -0.3 is 5.32 Å². The monoisotopic (exact) mass is 581 g/mol. The normalized spacial score (nSPS) is 23.4. The highest BCUT2D eigenvalue weighted by Gasteiger charge is 2.21. The van der Waals surface area contributed by atoms with Crippen LogP contribution in [0.2, 0.25) is 0 Å². The van der Waals surface area contributed by atoms with E-state index in [-0.39, 0.29) is 0 Å². The van der Waals surface area contributed by atoms with Gasteiger partial charge in [0, 0.05) is 17.5 Å². The number of nitrogens with zero attached hydrogens (tertiary/aromatic N) is 2. The molecule has 1 N–H and O–H groups in total. The van der Waals surface area contributed by atoms with Crippen LogP contribution in [0.1, 0.15) is 146 Å². The summed E-state index contributed by atoms with van der Waals surface area (Å²) < 4.78 is 0. The van der Waals surface area contributed by atoms with Gasteiger partial charge in [-0.25, -0.2) is 0 Å². The van der Waals surface area contributed by atoms with Crippen LogP contribution >= 0.6 is 23.5 Å². The second kappa shape index (κ2) is 17.2. The van der Waals surface area contributed by atoms with E-state index in [0.29, 0.717) is 18.1 Å². The highest BCUT2D eigenvalue weighted by molar-refractivity contribution is 8.13. The number of thioether (sulfide) groups is 2. The van der Waals surface area contributed by atoms with E-state index in [9.17, 15) is 0 Å².